The maximum atomic E-state index is 12.5. The third-order valence-electron chi connectivity index (χ3n) is 4.16. The molecule has 0 aromatic heterocycles. The summed E-state index contributed by atoms with van der Waals surface area (Å²) in [4.78, 5) is 26.0. The molecule has 0 aliphatic carbocycles. The molecule has 0 spiro atoms. The van der Waals surface area contributed by atoms with Gasteiger partial charge in [0.15, 0.2) is 0 Å². The molecule has 1 heterocycles. The van der Waals surface area contributed by atoms with Crippen molar-refractivity contribution in [2.75, 3.05) is 14.2 Å². The lowest BCUT2D eigenvalue weighted by atomic mass is 9.95. The molecule has 2 aromatic carbocycles. The van der Waals surface area contributed by atoms with Crippen LogP contribution in [0.15, 0.2) is 60.2 Å². The number of carbonyl (C=O) groups is 2. The fourth-order valence-electron chi connectivity index (χ4n) is 2.96. The summed E-state index contributed by atoms with van der Waals surface area (Å²) in [6.07, 6.45) is 0. The molecule has 1 aliphatic rings. The highest BCUT2D eigenvalue weighted by atomic mass is 16.5. The van der Waals surface area contributed by atoms with Crippen molar-refractivity contribution in [2.45, 2.75) is 6.04 Å². The Morgan fingerprint density at radius 1 is 1.04 bits per heavy atom. The number of carbonyl (C=O) groups excluding carboxylic acids is 2. The third kappa shape index (κ3) is 2.44. The van der Waals surface area contributed by atoms with Crippen molar-refractivity contribution in [3.05, 3.63) is 71.3 Å². The summed E-state index contributed by atoms with van der Waals surface area (Å²) in [5, 5.41) is 10.7. The number of methoxy groups -OCH3 is 1. The number of hydrogen-bond acceptors (Lipinski definition) is 4. The first-order valence-electron chi connectivity index (χ1n) is 7.49. The van der Waals surface area contributed by atoms with Crippen molar-refractivity contribution < 1.29 is 19.4 Å². The van der Waals surface area contributed by atoms with Crippen LogP contribution in [0.5, 0.6) is 5.75 Å². The molecule has 3 rings (SSSR count). The number of Topliss-reactive ketones (excluding diaryl/α,β-unsaturated/α-hetero) is 1. The molecule has 24 heavy (non-hydrogen) atoms. The highest BCUT2D eigenvalue weighted by molar-refractivity contribution is 6.46. The molecule has 1 unspecified atom stereocenters. The third-order valence-corrected chi connectivity index (χ3v) is 4.16. The van der Waals surface area contributed by atoms with Crippen LogP contribution in [-0.2, 0) is 9.59 Å². The molecule has 2 aromatic rings. The first-order chi connectivity index (χ1) is 11.6. The van der Waals surface area contributed by atoms with Crippen molar-refractivity contribution in [2.24, 2.45) is 0 Å². The van der Waals surface area contributed by atoms with Crippen molar-refractivity contribution in [3.8, 4) is 5.75 Å². The number of ketones is 1. The average molecular weight is 323 g/mol. The van der Waals surface area contributed by atoms with Crippen LogP contribution in [0.1, 0.15) is 17.2 Å². The lowest BCUT2D eigenvalue weighted by Gasteiger charge is -2.22. The standard InChI is InChI=1S/C19H17NO4/c1-20-16(13-10-6-7-11-14(13)24-2)15(18(22)19(20)23)17(21)12-8-4-3-5-9-12/h3-11,16,21H,1-2H3/b17-15-. The van der Waals surface area contributed by atoms with Crippen LogP contribution in [0.2, 0.25) is 0 Å². The van der Waals surface area contributed by atoms with Crippen LogP contribution >= 0.6 is 0 Å². The summed E-state index contributed by atoms with van der Waals surface area (Å²) in [5.74, 6) is -0.984. The molecule has 1 atom stereocenters. The largest absolute Gasteiger partial charge is 0.507 e. The molecule has 0 radical (unpaired) electrons. The van der Waals surface area contributed by atoms with E-state index in [1.165, 1.54) is 12.0 Å². The zero-order valence-corrected chi connectivity index (χ0v) is 13.4. The van der Waals surface area contributed by atoms with Gasteiger partial charge in [-0.2, -0.15) is 0 Å². The Kier molecular flexibility index (Phi) is 4.08. The van der Waals surface area contributed by atoms with E-state index in [4.69, 9.17) is 4.74 Å². The topological polar surface area (TPSA) is 66.8 Å². The molecule has 1 aliphatic heterocycles. The minimum Gasteiger partial charge on any atom is -0.507 e. The van der Waals surface area contributed by atoms with E-state index in [2.05, 4.69) is 0 Å². The SMILES string of the molecule is COc1ccccc1C1/C(=C(/O)c2ccccc2)C(=O)C(=O)N1C. The average Bonchev–Trinajstić information content (AvgIpc) is 2.85. The molecule has 122 valence electrons. The lowest BCUT2D eigenvalue weighted by Crippen LogP contribution is -2.25. The van der Waals surface area contributed by atoms with Gasteiger partial charge in [-0.25, -0.2) is 0 Å². The van der Waals surface area contributed by atoms with Gasteiger partial charge >= 0.3 is 0 Å². The van der Waals surface area contributed by atoms with Gasteiger partial charge < -0.3 is 14.7 Å². The highest BCUT2D eigenvalue weighted by Crippen LogP contribution is 2.41. The monoisotopic (exact) mass is 323 g/mol. The summed E-state index contributed by atoms with van der Waals surface area (Å²) in [6.45, 7) is 0. The van der Waals surface area contributed by atoms with Crippen LogP contribution in [0.4, 0.5) is 0 Å². The number of hydrogen-bond donors (Lipinski definition) is 1. The predicted octanol–water partition coefficient (Wildman–Crippen LogP) is 2.75. The Balaban J connectivity index is 2.22. The van der Waals surface area contributed by atoms with Crippen molar-refractivity contribution >= 4 is 17.4 Å². The maximum Gasteiger partial charge on any atom is 0.295 e. The first kappa shape index (κ1) is 15.8. The molecular weight excluding hydrogens is 306 g/mol. The number of aliphatic hydroxyl groups excluding tert-OH is 1. The summed E-state index contributed by atoms with van der Waals surface area (Å²) in [5.41, 5.74) is 1.21. The van der Waals surface area contributed by atoms with Gasteiger partial charge in [0.2, 0.25) is 0 Å². The van der Waals surface area contributed by atoms with Crippen molar-refractivity contribution in [1.29, 1.82) is 0 Å². The maximum absolute atomic E-state index is 12.5. The van der Waals surface area contributed by atoms with Gasteiger partial charge in [-0.3, -0.25) is 9.59 Å². The molecule has 5 nitrogen and oxygen atoms in total. The Hall–Kier alpha value is -3.08. The van der Waals surface area contributed by atoms with Crippen LogP contribution in [0, 0.1) is 0 Å². The molecule has 0 bridgehead atoms. The van der Waals surface area contributed by atoms with E-state index in [0.717, 1.165) is 0 Å². The van der Waals surface area contributed by atoms with E-state index in [1.807, 2.05) is 6.07 Å². The summed E-state index contributed by atoms with van der Waals surface area (Å²) in [7, 11) is 3.07. The van der Waals surface area contributed by atoms with Gasteiger partial charge in [-0.15, -0.1) is 0 Å². The van der Waals surface area contributed by atoms with E-state index < -0.39 is 17.7 Å². The lowest BCUT2D eigenvalue weighted by molar-refractivity contribution is -0.139. The molecule has 1 fully saturated rings. The fraction of sp³-hybridized carbons (Fsp3) is 0.158. The van der Waals surface area contributed by atoms with Gasteiger partial charge in [-0.1, -0.05) is 48.5 Å². The molecule has 1 amide bonds. The summed E-state index contributed by atoms with van der Waals surface area (Å²) < 4.78 is 5.36. The second-order valence-electron chi connectivity index (χ2n) is 5.52. The number of aliphatic hydroxyl groups is 1. The first-order valence-corrected chi connectivity index (χ1v) is 7.49. The number of nitrogens with zero attached hydrogens (tertiary/aromatic N) is 1. The number of rotatable bonds is 3. The molecule has 5 heteroatoms. The predicted molar refractivity (Wildman–Crippen MR) is 89.5 cm³/mol. The summed E-state index contributed by atoms with van der Waals surface area (Å²) >= 11 is 0. The Bertz CT molecular complexity index is 826. The normalized spacial score (nSPS) is 19.6. The zero-order chi connectivity index (χ0) is 17.3. The highest BCUT2D eigenvalue weighted by Gasteiger charge is 2.45. The zero-order valence-electron chi connectivity index (χ0n) is 13.4. The molecular formula is C19H17NO4. The quantitative estimate of drug-likeness (QED) is 0.536. The van der Waals surface area contributed by atoms with Gasteiger partial charge in [0, 0.05) is 18.2 Å². The second kappa shape index (κ2) is 6.20. The van der Waals surface area contributed by atoms with Crippen molar-refractivity contribution in [3.63, 3.8) is 0 Å². The van der Waals surface area contributed by atoms with Crippen molar-refractivity contribution in [1.82, 2.24) is 4.90 Å². The van der Waals surface area contributed by atoms with Gasteiger partial charge in [0.05, 0.1) is 18.7 Å². The number of benzene rings is 2. The van der Waals surface area contributed by atoms with Crippen LogP contribution in [-0.4, -0.2) is 35.9 Å². The van der Waals surface area contributed by atoms with E-state index in [0.29, 0.717) is 16.9 Å². The van der Waals surface area contributed by atoms with E-state index >= 15 is 0 Å². The van der Waals surface area contributed by atoms with Crippen LogP contribution < -0.4 is 4.74 Å². The van der Waals surface area contributed by atoms with E-state index in [9.17, 15) is 14.7 Å². The van der Waals surface area contributed by atoms with E-state index in [1.54, 1.807) is 55.6 Å². The van der Waals surface area contributed by atoms with Gasteiger partial charge in [-0.05, 0) is 6.07 Å². The number of likely N-dealkylation sites (tertiary alicyclic amines) is 1. The smallest absolute Gasteiger partial charge is 0.295 e. The second-order valence-corrected chi connectivity index (χ2v) is 5.52. The Morgan fingerprint density at radius 2 is 1.67 bits per heavy atom. The van der Waals surface area contributed by atoms with Gasteiger partial charge in [0.1, 0.15) is 11.5 Å². The Morgan fingerprint density at radius 3 is 2.33 bits per heavy atom. The number of amides is 1. The number of ether oxygens (including phenoxy) is 1. The fourth-order valence-corrected chi connectivity index (χ4v) is 2.96. The molecule has 1 saturated heterocycles. The van der Waals surface area contributed by atoms with Gasteiger partial charge in [0.25, 0.3) is 11.7 Å². The van der Waals surface area contributed by atoms with Crippen LogP contribution in [0.3, 0.4) is 0 Å². The minimum atomic E-state index is -0.699. The molecule has 0 saturated carbocycles. The Labute approximate surface area is 139 Å². The molecule has 1 N–H and O–H groups in total. The minimum absolute atomic E-state index is 0.0678. The van der Waals surface area contributed by atoms with Crippen LogP contribution in [0.25, 0.3) is 5.76 Å². The van der Waals surface area contributed by atoms with E-state index in [-0.39, 0.29) is 11.3 Å². The summed E-state index contributed by atoms with van der Waals surface area (Å²) in [6, 6.07) is 15.2. The number of likely N-dealkylation sites (N-methyl/N-ethyl adjacent to an activating group) is 1. The number of para-hydroxylation sites is 1.